The van der Waals surface area contributed by atoms with Crippen molar-refractivity contribution in [1.29, 1.82) is 0 Å². The van der Waals surface area contributed by atoms with Crippen LogP contribution in [-0.2, 0) is 11.3 Å². The number of hydrogen-bond acceptors (Lipinski definition) is 4. The van der Waals surface area contributed by atoms with Gasteiger partial charge in [-0.15, -0.1) is 0 Å². The van der Waals surface area contributed by atoms with E-state index in [4.69, 9.17) is 0 Å². The number of nitrogens with zero attached hydrogens (tertiary/aromatic N) is 4. The van der Waals surface area contributed by atoms with Crippen LogP contribution < -0.4 is 0 Å². The first kappa shape index (κ1) is 21.6. The molecular formula is C24H33N5O2. The lowest BCUT2D eigenvalue weighted by Crippen LogP contribution is -2.48. The van der Waals surface area contributed by atoms with Crippen molar-refractivity contribution in [2.45, 2.75) is 39.2 Å². The number of aromatic nitrogens is 2. The molecule has 2 fully saturated rings. The third-order valence-corrected chi connectivity index (χ3v) is 6.47. The van der Waals surface area contributed by atoms with Gasteiger partial charge in [0.2, 0.25) is 5.91 Å². The van der Waals surface area contributed by atoms with Gasteiger partial charge < -0.3 is 9.80 Å². The second-order valence-corrected chi connectivity index (χ2v) is 8.88. The van der Waals surface area contributed by atoms with Crippen molar-refractivity contribution < 1.29 is 9.59 Å². The molecule has 1 N–H and O–H groups in total. The van der Waals surface area contributed by atoms with Crippen molar-refractivity contribution in [1.82, 2.24) is 24.9 Å². The minimum absolute atomic E-state index is 0.00471. The molecule has 4 rings (SSSR count). The fourth-order valence-electron chi connectivity index (χ4n) is 4.66. The molecule has 2 aliphatic heterocycles. The van der Waals surface area contributed by atoms with E-state index in [1.807, 2.05) is 22.8 Å². The second kappa shape index (κ2) is 10.1. The highest BCUT2D eigenvalue weighted by Gasteiger charge is 2.27. The number of hydrogen-bond donors (Lipinski definition) is 1. The van der Waals surface area contributed by atoms with E-state index in [1.165, 1.54) is 5.56 Å². The number of benzene rings is 1. The number of carbonyl (C=O) groups excluding carboxylic acids is 2. The zero-order valence-electron chi connectivity index (χ0n) is 18.4. The first-order chi connectivity index (χ1) is 15.1. The van der Waals surface area contributed by atoms with Gasteiger partial charge in [0.25, 0.3) is 5.91 Å². The zero-order chi connectivity index (χ0) is 21.6. The van der Waals surface area contributed by atoms with Crippen molar-refractivity contribution >= 4 is 11.8 Å². The maximum absolute atomic E-state index is 12.8. The van der Waals surface area contributed by atoms with E-state index >= 15 is 0 Å². The average molecular weight is 424 g/mol. The molecule has 1 unspecified atom stereocenters. The molecule has 2 saturated heterocycles. The van der Waals surface area contributed by atoms with Crippen molar-refractivity contribution in [2.75, 3.05) is 39.3 Å². The van der Waals surface area contributed by atoms with E-state index < -0.39 is 0 Å². The van der Waals surface area contributed by atoms with Gasteiger partial charge in [0.15, 0.2) is 0 Å². The van der Waals surface area contributed by atoms with Crippen LogP contribution in [0.15, 0.2) is 36.4 Å². The summed E-state index contributed by atoms with van der Waals surface area (Å²) in [5.41, 5.74) is 2.71. The third-order valence-electron chi connectivity index (χ3n) is 6.47. The number of carbonyl (C=O) groups is 2. The van der Waals surface area contributed by atoms with Crippen molar-refractivity contribution in [3.8, 4) is 0 Å². The molecule has 31 heavy (non-hydrogen) atoms. The van der Waals surface area contributed by atoms with Crippen molar-refractivity contribution in [3.05, 3.63) is 53.3 Å². The normalized spacial score (nSPS) is 20.1. The molecule has 1 aromatic heterocycles. The number of aryl methyl sites for hydroxylation is 1. The molecule has 0 spiro atoms. The van der Waals surface area contributed by atoms with Gasteiger partial charge in [0.05, 0.1) is 0 Å². The first-order valence-corrected chi connectivity index (χ1v) is 11.4. The Morgan fingerprint density at radius 2 is 1.84 bits per heavy atom. The lowest BCUT2D eigenvalue weighted by molar-refractivity contribution is -0.133. The van der Waals surface area contributed by atoms with E-state index in [2.05, 4.69) is 39.4 Å². The van der Waals surface area contributed by atoms with Crippen LogP contribution >= 0.6 is 0 Å². The summed E-state index contributed by atoms with van der Waals surface area (Å²) in [7, 11) is 0. The molecule has 0 aliphatic carbocycles. The van der Waals surface area contributed by atoms with E-state index in [0.29, 0.717) is 18.0 Å². The minimum Gasteiger partial charge on any atom is -0.340 e. The van der Waals surface area contributed by atoms with Crippen LogP contribution in [-0.4, -0.2) is 76.0 Å². The maximum atomic E-state index is 12.8. The van der Waals surface area contributed by atoms with Crippen molar-refractivity contribution in [2.24, 2.45) is 5.92 Å². The Labute approximate surface area is 184 Å². The summed E-state index contributed by atoms with van der Waals surface area (Å²) in [6, 6.07) is 12.3. The monoisotopic (exact) mass is 423 g/mol. The molecule has 166 valence electrons. The number of H-pyrrole nitrogens is 1. The number of piperazine rings is 1. The van der Waals surface area contributed by atoms with Gasteiger partial charge in [0, 0.05) is 57.9 Å². The number of piperidine rings is 1. The zero-order valence-corrected chi connectivity index (χ0v) is 18.4. The van der Waals surface area contributed by atoms with Gasteiger partial charge in [-0.1, -0.05) is 30.3 Å². The topological polar surface area (TPSA) is 72.5 Å². The van der Waals surface area contributed by atoms with Crippen LogP contribution in [0.2, 0.25) is 0 Å². The predicted molar refractivity (Wildman–Crippen MR) is 119 cm³/mol. The lowest BCUT2D eigenvalue weighted by atomic mass is 9.93. The Bertz CT molecular complexity index is 873. The van der Waals surface area contributed by atoms with Gasteiger partial charge in [0.1, 0.15) is 5.69 Å². The molecule has 1 atom stereocenters. The highest BCUT2D eigenvalue weighted by atomic mass is 16.2. The largest absolute Gasteiger partial charge is 0.340 e. The Hall–Kier alpha value is -2.67. The van der Waals surface area contributed by atoms with E-state index in [-0.39, 0.29) is 11.8 Å². The molecule has 7 nitrogen and oxygen atoms in total. The molecule has 2 aromatic rings. The quantitative estimate of drug-likeness (QED) is 0.775. The van der Waals surface area contributed by atoms with Crippen molar-refractivity contribution in [3.63, 3.8) is 0 Å². The Morgan fingerprint density at radius 3 is 2.55 bits per heavy atom. The average Bonchev–Trinajstić information content (AvgIpc) is 3.24. The molecule has 2 amide bonds. The second-order valence-electron chi connectivity index (χ2n) is 8.88. The van der Waals surface area contributed by atoms with E-state index in [9.17, 15) is 9.59 Å². The summed E-state index contributed by atoms with van der Waals surface area (Å²) in [4.78, 5) is 31.8. The van der Waals surface area contributed by atoms with Gasteiger partial charge in [-0.25, -0.2) is 0 Å². The van der Waals surface area contributed by atoms with Crippen LogP contribution in [0, 0.1) is 12.8 Å². The van der Waals surface area contributed by atoms with Crippen LogP contribution in [0.5, 0.6) is 0 Å². The summed E-state index contributed by atoms with van der Waals surface area (Å²) in [5.74, 6) is 0.640. The van der Waals surface area contributed by atoms with Crippen LogP contribution in [0.25, 0.3) is 0 Å². The SMILES string of the molecule is Cc1cc(C(=O)N2CCCC(CCC(=O)N3CCN(Cc4ccccc4)CC3)C2)n[nH]1. The fraction of sp³-hybridized carbons (Fsp3) is 0.542. The number of nitrogens with one attached hydrogen (secondary N) is 1. The number of rotatable bonds is 6. The number of amides is 2. The Morgan fingerprint density at radius 1 is 1.06 bits per heavy atom. The summed E-state index contributed by atoms with van der Waals surface area (Å²) in [5, 5.41) is 6.94. The summed E-state index contributed by atoms with van der Waals surface area (Å²) in [6.07, 6.45) is 3.51. The van der Waals surface area contributed by atoms with Gasteiger partial charge in [-0.3, -0.25) is 19.6 Å². The molecule has 0 bridgehead atoms. The lowest BCUT2D eigenvalue weighted by Gasteiger charge is -2.36. The Balaban J connectivity index is 1.19. The molecular weight excluding hydrogens is 390 g/mol. The van der Waals surface area contributed by atoms with Gasteiger partial charge >= 0.3 is 0 Å². The smallest absolute Gasteiger partial charge is 0.274 e. The molecule has 0 saturated carbocycles. The van der Waals surface area contributed by atoms with E-state index in [1.54, 1.807) is 6.07 Å². The van der Waals surface area contributed by atoms with Crippen LogP contribution in [0.3, 0.4) is 0 Å². The molecule has 0 radical (unpaired) electrons. The highest BCUT2D eigenvalue weighted by Crippen LogP contribution is 2.23. The minimum atomic E-state index is -0.00471. The van der Waals surface area contributed by atoms with E-state index in [0.717, 1.165) is 70.8 Å². The first-order valence-electron chi connectivity index (χ1n) is 11.4. The van der Waals surface area contributed by atoms with Gasteiger partial charge in [-0.2, -0.15) is 5.10 Å². The number of likely N-dealkylation sites (tertiary alicyclic amines) is 1. The highest BCUT2D eigenvalue weighted by molar-refractivity contribution is 5.92. The fourth-order valence-corrected chi connectivity index (χ4v) is 4.66. The molecule has 3 heterocycles. The molecule has 1 aromatic carbocycles. The number of aromatic amines is 1. The standard InChI is InChI=1S/C24H33N5O2/c1-19-16-22(26-25-19)24(31)29-11-5-8-21(18-29)9-10-23(30)28-14-12-27(13-15-28)17-20-6-3-2-4-7-20/h2-4,6-7,16,21H,5,8-15,17-18H2,1H3,(H,25,26). The van der Waals surface area contributed by atoms with Crippen LogP contribution in [0.4, 0.5) is 0 Å². The summed E-state index contributed by atoms with van der Waals surface area (Å²) in [6.45, 7) is 7.81. The summed E-state index contributed by atoms with van der Waals surface area (Å²) >= 11 is 0. The Kier molecular flexibility index (Phi) is 7.02. The van der Waals surface area contributed by atoms with Gasteiger partial charge in [-0.05, 0) is 43.7 Å². The molecule has 2 aliphatic rings. The predicted octanol–water partition coefficient (Wildman–Crippen LogP) is 2.69. The maximum Gasteiger partial charge on any atom is 0.274 e. The van der Waals surface area contributed by atoms with Crippen LogP contribution in [0.1, 0.15) is 47.4 Å². The summed E-state index contributed by atoms with van der Waals surface area (Å²) < 4.78 is 0. The molecule has 7 heteroatoms. The third kappa shape index (κ3) is 5.73.